The largest absolute Gasteiger partial charge is 0.480 e. The fraction of sp³-hybridized carbons (Fsp3) is 0.353. The van der Waals surface area contributed by atoms with Gasteiger partial charge in [0.25, 0.3) is 0 Å². The van der Waals surface area contributed by atoms with Crippen LogP contribution in [0.5, 0.6) is 0 Å². The predicted molar refractivity (Wildman–Crippen MR) is 79.0 cm³/mol. The van der Waals surface area contributed by atoms with Crippen LogP contribution in [0.3, 0.4) is 0 Å². The second-order valence-electron chi connectivity index (χ2n) is 5.69. The molecular weight excluding hydrogens is 266 g/mol. The molecule has 1 heterocycles. The molecule has 2 aromatic rings. The van der Waals surface area contributed by atoms with Gasteiger partial charge in [0.1, 0.15) is 5.41 Å². The Kier molecular flexibility index (Phi) is 3.45. The predicted octanol–water partition coefficient (Wildman–Crippen LogP) is 2.99. The Morgan fingerprint density at radius 2 is 2.00 bits per heavy atom. The van der Waals surface area contributed by atoms with Crippen LogP contribution in [0, 0.1) is 5.41 Å². The van der Waals surface area contributed by atoms with Gasteiger partial charge in [0.15, 0.2) is 5.78 Å². The highest BCUT2D eigenvalue weighted by atomic mass is 16.4. The fourth-order valence-electron chi connectivity index (χ4n) is 3.10. The smallest absolute Gasteiger partial charge is 0.317 e. The summed E-state index contributed by atoms with van der Waals surface area (Å²) < 4.78 is 0. The molecule has 1 atom stereocenters. The average Bonchev–Trinajstić information content (AvgIpc) is 2.49. The molecule has 0 bridgehead atoms. The van der Waals surface area contributed by atoms with Crippen LogP contribution in [-0.4, -0.2) is 21.8 Å². The minimum atomic E-state index is -1.28. The number of aliphatic carboxylic acids is 1. The average molecular weight is 283 g/mol. The zero-order valence-electron chi connectivity index (χ0n) is 11.7. The molecule has 4 nitrogen and oxygen atoms in total. The molecule has 0 radical (unpaired) electrons. The number of ketones is 1. The van der Waals surface area contributed by atoms with E-state index < -0.39 is 11.4 Å². The van der Waals surface area contributed by atoms with Gasteiger partial charge in [-0.2, -0.15) is 0 Å². The minimum Gasteiger partial charge on any atom is -0.480 e. The summed E-state index contributed by atoms with van der Waals surface area (Å²) in [5.41, 5.74) is 0.221. The lowest BCUT2D eigenvalue weighted by Crippen LogP contribution is -2.43. The molecule has 1 N–H and O–H groups in total. The lowest BCUT2D eigenvalue weighted by atomic mass is 9.70. The Balaban J connectivity index is 1.98. The van der Waals surface area contributed by atoms with Gasteiger partial charge in [0, 0.05) is 23.9 Å². The first-order valence-corrected chi connectivity index (χ1v) is 7.23. The normalized spacial score (nSPS) is 22.4. The highest BCUT2D eigenvalue weighted by Gasteiger charge is 2.47. The van der Waals surface area contributed by atoms with Crippen molar-refractivity contribution in [3.63, 3.8) is 0 Å². The van der Waals surface area contributed by atoms with Gasteiger partial charge in [-0.15, -0.1) is 0 Å². The third-order valence-corrected chi connectivity index (χ3v) is 4.34. The van der Waals surface area contributed by atoms with Gasteiger partial charge < -0.3 is 5.11 Å². The Morgan fingerprint density at radius 3 is 2.76 bits per heavy atom. The number of benzene rings is 1. The number of carbonyl (C=O) groups is 2. The van der Waals surface area contributed by atoms with Crippen molar-refractivity contribution in [3.05, 3.63) is 42.1 Å². The van der Waals surface area contributed by atoms with Gasteiger partial charge in [-0.05, 0) is 25.0 Å². The van der Waals surface area contributed by atoms with Gasteiger partial charge in [-0.1, -0.05) is 30.7 Å². The summed E-state index contributed by atoms with van der Waals surface area (Å²) >= 11 is 0. The molecule has 21 heavy (non-hydrogen) atoms. The number of pyridine rings is 1. The number of aromatic nitrogens is 1. The van der Waals surface area contributed by atoms with Crippen LogP contribution in [0.15, 0.2) is 36.4 Å². The summed E-state index contributed by atoms with van der Waals surface area (Å²) in [7, 11) is 0. The van der Waals surface area contributed by atoms with E-state index in [1.807, 2.05) is 36.4 Å². The molecule has 1 aromatic heterocycles. The third-order valence-electron chi connectivity index (χ3n) is 4.34. The van der Waals surface area contributed by atoms with E-state index in [1.165, 1.54) is 0 Å². The first kappa shape index (κ1) is 13.7. The summed E-state index contributed by atoms with van der Waals surface area (Å²) in [6, 6.07) is 11.5. The maximum Gasteiger partial charge on any atom is 0.317 e. The molecule has 1 aliphatic carbocycles. The van der Waals surface area contributed by atoms with E-state index in [0.29, 0.717) is 18.5 Å². The molecule has 3 rings (SSSR count). The summed E-state index contributed by atoms with van der Waals surface area (Å²) in [4.78, 5) is 28.4. The highest BCUT2D eigenvalue weighted by Crippen LogP contribution is 2.36. The van der Waals surface area contributed by atoms with E-state index in [1.54, 1.807) is 0 Å². The molecule has 1 fully saturated rings. The molecule has 4 heteroatoms. The van der Waals surface area contributed by atoms with Gasteiger partial charge in [-0.25, -0.2) is 0 Å². The minimum absolute atomic E-state index is 0.156. The zero-order valence-corrected chi connectivity index (χ0v) is 11.7. The Morgan fingerprint density at radius 1 is 1.19 bits per heavy atom. The van der Waals surface area contributed by atoms with Crippen LogP contribution in [0.4, 0.5) is 0 Å². The van der Waals surface area contributed by atoms with E-state index in [0.717, 1.165) is 23.7 Å². The fourth-order valence-corrected chi connectivity index (χ4v) is 3.10. The number of hydrogen-bond acceptors (Lipinski definition) is 3. The van der Waals surface area contributed by atoms with E-state index in [4.69, 9.17) is 0 Å². The van der Waals surface area contributed by atoms with Crippen molar-refractivity contribution >= 4 is 22.7 Å². The summed E-state index contributed by atoms with van der Waals surface area (Å²) in [6.07, 6.45) is 2.53. The molecule has 1 unspecified atom stereocenters. The van der Waals surface area contributed by atoms with E-state index >= 15 is 0 Å². The maximum atomic E-state index is 12.2. The molecule has 1 aromatic carbocycles. The number of hydrogen-bond donors (Lipinski definition) is 1. The Hall–Kier alpha value is -2.23. The second kappa shape index (κ2) is 5.28. The number of nitrogens with zero attached hydrogens (tertiary/aromatic N) is 1. The van der Waals surface area contributed by atoms with Gasteiger partial charge in [0.05, 0.1) is 5.52 Å². The van der Waals surface area contributed by atoms with Crippen molar-refractivity contribution < 1.29 is 14.7 Å². The number of para-hydroxylation sites is 1. The van der Waals surface area contributed by atoms with Crippen molar-refractivity contribution in [3.8, 4) is 0 Å². The van der Waals surface area contributed by atoms with Crippen LogP contribution in [0.25, 0.3) is 10.9 Å². The third kappa shape index (κ3) is 2.42. The van der Waals surface area contributed by atoms with Crippen LogP contribution < -0.4 is 0 Å². The lowest BCUT2D eigenvalue weighted by Gasteiger charge is -2.31. The van der Waals surface area contributed by atoms with Gasteiger partial charge in [0.2, 0.25) is 0 Å². The Labute approximate surface area is 122 Å². The van der Waals surface area contributed by atoms with Crippen molar-refractivity contribution in [1.29, 1.82) is 0 Å². The monoisotopic (exact) mass is 283 g/mol. The van der Waals surface area contributed by atoms with Gasteiger partial charge >= 0.3 is 5.97 Å². The lowest BCUT2D eigenvalue weighted by molar-refractivity contribution is -0.157. The number of rotatable bonds is 3. The van der Waals surface area contributed by atoms with Crippen molar-refractivity contribution in [1.82, 2.24) is 4.98 Å². The van der Waals surface area contributed by atoms with Crippen LogP contribution in [0.2, 0.25) is 0 Å². The molecule has 108 valence electrons. The quantitative estimate of drug-likeness (QED) is 0.879. The number of Topliss-reactive ketones (excluding diaryl/α,β-unsaturated/α-hetero) is 1. The second-order valence-corrected chi connectivity index (χ2v) is 5.69. The maximum absolute atomic E-state index is 12.2. The van der Waals surface area contributed by atoms with E-state index in [-0.39, 0.29) is 12.2 Å². The summed E-state index contributed by atoms with van der Waals surface area (Å²) in [5.74, 6) is -1.17. The van der Waals surface area contributed by atoms with Crippen molar-refractivity contribution in [2.24, 2.45) is 5.41 Å². The molecule has 0 spiro atoms. The molecular formula is C17H17NO3. The molecule has 1 aliphatic rings. The van der Waals surface area contributed by atoms with Crippen LogP contribution in [0.1, 0.15) is 31.4 Å². The van der Waals surface area contributed by atoms with Crippen molar-refractivity contribution in [2.45, 2.75) is 32.1 Å². The molecule has 0 amide bonds. The molecule has 0 aliphatic heterocycles. The van der Waals surface area contributed by atoms with E-state index in [2.05, 4.69) is 4.98 Å². The van der Waals surface area contributed by atoms with Crippen molar-refractivity contribution in [2.75, 3.05) is 0 Å². The number of carboxylic acids is 1. The number of carboxylic acid groups (broad SMARTS) is 1. The van der Waals surface area contributed by atoms with Gasteiger partial charge in [-0.3, -0.25) is 14.6 Å². The number of fused-ring (bicyclic) bond motifs is 1. The zero-order chi connectivity index (χ0) is 14.9. The molecule has 0 saturated heterocycles. The first-order valence-electron chi connectivity index (χ1n) is 7.23. The SMILES string of the molecule is O=C(O)C1(Cc2ccc3ccccc3n2)CCCCC1=O. The van der Waals surface area contributed by atoms with E-state index in [9.17, 15) is 14.7 Å². The summed E-state index contributed by atoms with van der Waals surface area (Å²) in [5, 5.41) is 10.6. The summed E-state index contributed by atoms with van der Waals surface area (Å²) in [6.45, 7) is 0. The Bertz CT molecular complexity index is 710. The van der Waals surface area contributed by atoms with Crippen LogP contribution in [-0.2, 0) is 16.0 Å². The standard InChI is InChI=1S/C17H17NO3/c19-15-7-3-4-10-17(15,16(20)21)11-13-9-8-12-5-1-2-6-14(12)18-13/h1-2,5-6,8-9H,3-4,7,10-11H2,(H,20,21). The van der Waals surface area contributed by atoms with Crippen LogP contribution >= 0.6 is 0 Å². The highest BCUT2D eigenvalue weighted by molar-refractivity contribution is 6.03. The topological polar surface area (TPSA) is 67.3 Å². The first-order chi connectivity index (χ1) is 10.1. The number of carbonyl (C=O) groups excluding carboxylic acids is 1. The molecule has 1 saturated carbocycles.